The van der Waals surface area contributed by atoms with E-state index < -0.39 is 5.82 Å². The van der Waals surface area contributed by atoms with E-state index in [4.69, 9.17) is 14.5 Å². The minimum atomic E-state index is -0.391. The Balaban J connectivity index is 0.00000385. The number of ether oxygens (including phenoxy) is 2. The molecule has 1 N–H and O–H groups in total. The molecule has 0 saturated carbocycles. The van der Waals surface area contributed by atoms with Gasteiger partial charge in [-0.1, -0.05) is 18.2 Å². The monoisotopic (exact) mass is 568 g/mol. The minimum Gasteiger partial charge on any atom is -0.497 e. The second-order valence-electron chi connectivity index (χ2n) is 7.39. The molecule has 0 unspecified atom stereocenters. The summed E-state index contributed by atoms with van der Waals surface area (Å²) in [7, 11) is 6.92. The second-order valence-corrected chi connectivity index (χ2v) is 7.39. The molecule has 0 aliphatic heterocycles. The first-order chi connectivity index (χ1) is 15.4. The predicted octanol–water partition coefficient (Wildman–Crippen LogP) is 3.68. The van der Waals surface area contributed by atoms with Gasteiger partial charge in [-0.2, -0.15) is 0 Å². The fourth-order valence-corrected chi connectivity index (χ4v) is 3.13. The van der Waals surface area contributed by atoms with Crippen molar-refractivity contribution >= 4 is 29.9 Å². The van der Waals surface area contributed by atoms with Crippen molar-refractivity contribution in [2.45, 2.75) is 26.6 Å². The Morgan fingerprint density at radius 1 is 1.09 bits per heavy atom. The van der Waals surface area contributed by atoms with Gasteiger partial charge in [0.15, 0.2) is 23.4 Å². The van der Waals surface area contributed by atoms with Crippen LogP contribution in [0.3, 0.4) is 0 Å². The largest absolute Gasteiger partial charge is 0.497 e. The van der Waals surface area contributed by atoms with Gasteiger partial charge in [0.2, 0.25) is 0 Å². The van der Waals surface area contributed by atoms with Gasteiger partial charge in [-0.25, -0.2) is 9.38 Å². The summed E-state index contributed by atoms with van der Waals surface area (Å²) in [5.74, 6) is 2.92. The lowest BCUT2D eigenvalue weighted by atomic mass is 10.2. The Labute approximate surface area is 210 Å². The zero-order chi connectivity index (χ0) is 23.1. The lowest BCUT2D eigenvalue weighted by Crippen LogP contribution is -2.38. The lowest BCUT2D eigenvalue weighted by molar-refractivity contribution is 0.385. The highest BCUT2D eigenvalue weighted by molar-refractivity contribution is 14.0. The van der Waals surface area contributed by atoms with E-state index in [-0.39, 0.29) is 29.7 Å². The first-order valence-corrected chi connectivity index (χ1v) is 10.2. The van der Waals surface area contributed by atoms with Gasteiger partial charge in [0.25, 0.3) is 0 Å². The predicted molar refractivity (Wildman–Crippen MR) is 137 cm³/mol. The topological polar surface area (TPSA) is 76.8 Å². The van der Waals surface area contributed by atoms with Gasteiger partial charge in [0.1, 0.15) is 11.6 Å². The van der Waals surface area contributed by atoms with Gasteiger partial charge in [0.05, 0.1) is 27.3 Å². The van der Waals surface area contributed by atoms with Crippen LogP contribution >= 0.6 is 24.0 Å². The van der Waals surface area contributed by atoms with Crippen molar-refractivity contribution in [1.82, 2.24) is 25.0 Å². The third-order valence-corrected chi connectivity index (χ3v) is 5.16. The molecule has 3 rings (SSSR count). The van der Waals surface area contributed by atoms with Crippen LogP contribution in [-0.4, -0.2) is 46.9 Å². The molecule has 8 nitrogen and oxygen atoms in total. The van der Waals surface area contributed by atoms with E-state index in [9.17, 15) is 4.39 Å². The first-order valence-electron chi connectivity index (χ1n) is 10.2. The van der Waals surface area contributed by atoms with Crippen molar-refractivity contribution in [3.8, 4) is 11.5 Å². The summed E-state index contributed by atoms with van der Waals surface area (Å²) in [6.07, 6.45) is 0. The van der Waals surface area contributed by atoms with Gasteiger partial charge < -0.3 is 24.3 Å². The maximum absolute atomic E-state index is 14.1. The van der Waals surface area contributed by atoms with Crippen LogP contribution in [0.5, 0.6) is 11.5 Å². The molecule has 33 heavy (non-hydrogen) atoms. The maximum atomic E-state index is 14.1. The average Bonchev–Trinajstić information content (AvgIpc) is 3.11. The van der Waals surface area contributed by atoms with Crippen LogP contribution in [0.15, 0.2) is 47.5 Å². The summed E-state index contributed by atoms with van der Waals surface area (Å²) >= 11 is 0. The second kappa shape index (κ2) is 12.4. The highest BCUT2D eigenvalue weighted by atomic mass is 127. The summed E-state index contributed by atoms with van der Waals surface area (Å²) in [5.41, 5.74) is 1.85. The molecule has 10 heteroatoms. The van der Waals surface area contributed by atoms with Gasteiger partial charge in [-0.05, 0) is 42.3 Å². The molecule has 1 heterocycles. The highest BCUT2D eigenvalue weighted by Crippen LogP contribution is 2.18. The highest BCUT2D eigenvalue weighted by Gasteiger charge is 2.12. The number of methoxy groups -OCH3 is 2. The molecule has 3 aromatic rings. The van der Waals surface area contributed by atoms with Gasteiger partial charge in [-0.3, -0.25) is 0 Å². The van der Waals surface area contributed by atoms with E-state index in [2.05, 4.69) is 15.5 Å². The fraction of sp³-hybridized carbons (Fsp3) is 0.348. The number of nitrogens with one attached hydrogen (secondary N) is 1. The van der Waals surface area contributed by atoms with Gasteiger partial charge in [-0.15, -0.1) is 34.2 Å². The van der Waals surface area contributed by atoms with E-state index in [1.807, 2.05) is 60.8 Å². The van der Waals surface area contributed by atoms with Crippen molar-refractivity contribution < 1.29 is 13.9 Å². The van der Waals surface area contributed by atoms with Crippen molar-refractivity contribution in [1.29, 1.82) is 0 Å². The van der Waals surface area contributed by atoms with Crippen LogP contribution < -0.4 is 14.8 Å². The van der Waals surface area contributed by atoms with Gasteiger partial charge >= 0.3 is 0 Å². The molecule has 0 aliphatic rings. The van der Waals surface area contributed by atoms with Crippen LogP contribution in [0.1, 0.15) is 22.8 Å². The molecule has 178 valence electrons. The summed E-state index contributed by atoms with van der Waals surface area (Å²) in [6, 6.07) is 12.7. The summed E-state index contributed by atoms with van der Waals surface area (Å²) in [6.45, 7) is 3.30. The molecule has 1 aromatic heterocycles. The molecule has 0 fully saturated rings. The first kappa shape index (κ1) is 26.4. The molecule has 0 bridgehead atoms. The van der Waals surface area contributed by atoms with Gasteiger partial charge in [0, 0.05) is 20.6 Å². The number of rotatable bonds is 8. The summed E-state index contributed by atoms with van der Waals surface area (Å²) < 4.78 is 26.3. The third-order valence-electron chi connectivity index (χ3n) is 5.16. The van der Waals surface area contributed by atoms with E-state index in [0.717, 1.165) is 28.5 Å². The van der Waals surface area contributed by atoms with Crippen LogP contribution in [-0.2, 0) is 26.7 Å². The van der Waals surface area contributed by atoms with Crippen LogP contribution in [0, 0.1) is 12.7 Å². The molecule has 0 spiro atoms. The summed E-state index contributed by atoms with van der Waals surface area (Å²) in [5, 5.41) is 11.6. The molecule has 0 atom stereocenters. The molecule has 0 amide bonds. The Morgan fingerprint density at radius 3 is 2.36 bits per heavy atom. The third kappa shape index (κ3) is 7.04. The van der Waals surface area contributed by atoms with Crippen LogP contribution in [0.2, 0.25) is 0 Å². The average molecular weight is 568 g/mol. The molecule has 0 saturated heterocycles. The van der Waals surface area contributed by atoms with Crippen molar-refractivity contribution in [2.24, 2.45) is 12.0 Å². The lowest BCUT2D eigenvalue weighted by Gasteiger charge is -2.23. The minimum absolute atomic E-state index is 0. The van der Waals surface area contributed by atoms with E-state index >= 15 is 0 Å². The van der Waals surface area contributed by atoms with Crippen molar-refractivity contribution in [3.05, 3.63) is 71.1 Å². The quantitative estimate of drug-likeness (QED) is 0.254. The zero-order valence-corrected chi connectivity index (χ0v) is 21.8. The van der Waals surface area contributed by atoms with E-state index in [1.54, 1.807) is 13.2 Å². The Hall–Kier alpha value is -2.89. The number of nitrogens with zero attached hydrogens (tertiary/aromatic N) is 5. The molecule has 2 aromatic carbocycles. The number of halogens is 2. The number of hydrogen-bond acceptors (Lipinski definition) is 5. The van der Waals surface area contributed by atoms with E-state index in [0.29, 0.717) is 25.6 Å². The molecule has 0 aliphatic carbocycles. The smallest absolute Gasteiger partial charge is 0.194 e. The Bertz CT molecular complexity index is 1070. The Kier molecular flexibility index (Phi) is 9.89. The SMILES string of the molecule is COc1ccc(CN=C(NCc2nnc(C)n2C)N(C)Cc2ccc(OC)c(F)c2)cc1.I. The normalized spacial score (nSPS) is 11.0. The number of aliphatic imine (C=N–C) groups is 1. The number of aryl methyl sites for hydroxylation is 1. The molecular formula is C23H30FIN6O2. The maximum Gasteiger partial charge on any atom is 0.194 e. The fourth-order valence-electron chi connectivity index (χ4n) is 3.13. The van der Waals surface area contributed by atoms with Crippen LogP contribution in [0.25, 0.3) is 0 Å². The molecular weight excluding hydrogens is 538 g/mol. The summed E-state index contributed by atoms with van der Waals surface area (Å²) in [4.78, 5) is 6.71. The number of hydrogen-bond donors (Lipinski definition) is 1. The number of aromatic nitrogens is 3. The standard InChI is InChI=1S/C23H29FN6O2.HI/c1-16-27-28-22(30(16)3)14-26-23(25-13-17-6-9-19(31-4)10-7-17)29(2)15-18-8-11-21(32-5)20(24)12-18;/h6-12H,13-15H2,1-5H3,(H,25,26);1H. The van der Waals surface area contributed by atoms with Crippen molar-refractivity contribution in [2.75, 3.05) is 21.3 Å². The molecule has 0 radical (unpaired) electrons. The number of guanidine groups is 1. The Morgan fingerprint density at radius 2 is 1.79 bits per heavy atom. The number of benzene rings is 2. The zero-order valence-electron chi connectivity index (χ0n) is 19.5. The van der Waals surface area contributed by atoms with Crippen LogP contribution in [0.4, 0.5) is 4.39 Å². The van der Waals surface area contributed by atoms with Crippen molar-refractivity contribution in [3.63, 3.8) is 0 Å². The van der Waals surface area contributed by atoms with E-state index in [1.165, 1.54) is 13.2 Å².